The SMILES string of the molecule is O=C(NC[C@@H]1CCCC[C@@H]1C(=O)N1CCC[C@@H]1C(=O)O)OCC1c2ccccc2-c2ccccc21. The van der Waals surface area contributed by atoms with Gasteiger partial charge < -0.3 is 20.1 Å². The number of rotatable bonds is 6. The number of aliphatic carboxylic acids is 1. The molecule has 7 heteroatoms. The number of hydrogen-bond acceptors (Lipinski definition) is 4. The summed E-state index contributed by atoms with van der Waals surface area (Å²) in [5, 5.41) is 12.4. The molecular weight excluding hydrogens is 444 g/mol. The van der Waals surface area contributed by atoms with E-state index in [1.54, 1.807) is 4.90 Å². The summed E-state index contributed by atoms with van der Waals surface area (Å²) in [5.74, 6) is -1.27. The second-order valence-electron chi connectivity index (χ2n) is 9.89. The first kappa shape index (κ1) is 23.4. The molecule has 0 aromatic heterocycles. The van der Waals surface area contributed by atoms with Crippen LogP contribution in [0.4, 0.5) is 4.79 Å². The maximum absolute atomic E-state index is 13.2. The minimum absolute atomic E-state index is 0.000255. The number of likely N-dealkylation sites (tertiary alicyclic amines) is 1. The molecule has 3 atom stereocenters. The lowest BCUT2D eigenvalue weighted by atomic mass is 9.78. The molecule has 1 saturated carbocycles. The second-order valence-corrected chi connectivity index (χ2v) is 9.89. The molecule has 1 saturated heterocycles. The first-order valence-electron chi connectivity index (χ1n) is 12.7. The monoisotopic (exact) mass is 476 g/mol. The third-order valence-electron chi connectivity index (χ3n) is 7.90. The van der Waals surface area contributed by atoms with E-state index in [2.05, 4.69) is 29.6 Å². The van der Waals surface area contributed by atoms with E-state index in [9.17, 15) is 19.5 Å². The van der Waals surface area contributed by atoms with E-state index < -0.39 is 18.1 Å². The molecule has 5 rings (SSSR count). The number of nitrogens with one attached hydrogen (secondary N) is 1. The molecule has 2 N–H and O–H groups in total. The number of nitrogens with zero attached hydrogens (tertiary/aromatic N) is 1. The van der Waals surface area contributed by atoms with Crippen molar-refractivity contribution in [3.63, 3.8) is 0 Å². The number of benzene rings is 2. The number of carboxylic acid groups (broad SMARTS) is 1. The van der Waals surface area contributed by atoms with Gasteiger partial charge in [0.1, 0.15) is 12.6 Å². The quantitative estimate of drug-likeness (QED) is 0.644. The van der Waals surface area contributed by atoms with Crippen LogP contribution in [-0.4, -0.2) is 53.7 Å². The van der Waals surface area contributed by atoms with Crippen LogP contribution in [0.1, 0.15) is 55.6 Å². The summed E-state index contributed by atoms with van der Waals surface area (Å²) >= 11 is 0. The predicted octanol–water partition coefficient (Wildman–Crippen LogP) is 4.41. The maximum Gasteiger partial charge on any atom is 0.407 e. The molecule has 184 valence electrons. The molecule has 1 heterocycles. The molecule has 2 aromatic carbocycles. The summed E-state index contributed by atoms with van der Waals surface area (Å²) in [6.45, 7) is 1.11. The predicted molar refractivity (Wildman–Crippen MR) is 131 cm³/mol. The van der Waals surface area contributed by atoms with Gasteiger partial charge in [0.25, 0.3) is 0 Å². The lowest BCUT2D eigenvalue weighted by molar-refractivity contribution is -0.151. The number of amides is 2. The van der Waals surface area contributed by atoms with Crippen molar-refractivity contribution < 1.29 is 24.2 Å². The van der Waals surface area contributed by atoms with Gasteiger partial charge in [0, 0.05) is 24.9 Å². The van der Waals surface area contributed by atoms with Gasteiger partial charge in [0.2, 0.25) is 5.91 Å². The van der Waals surface area contributed by atoms with E-state index in [0.717, 1.165) is 43.2 Å². The number of carbonyl (C=O) groups excluding carboxylic acids is 2. The molecule has 0 spiro atoms. The molecule has 0 unspecified atom stereocenters. The minimum atomic E-state index is -0.931. The Bertz CT molecular complexity index is 1070. The summed E-state index contributed by atoms with van der Waals surface area (Å²) in [6.07, 6.45) is 4.28. The molecule has 2 aromatic rings. The summed E-state index contributed by atoms with van der Waals surface area (Å²) in [7, 11) is 0. The average molecular weight is 477 g/mol. The molecular formula is C28H32N2O5. The molecule has 2 fully saturated rings. The molecule has 35 heavy (non-hydrogen) atoms. The fourth-order valence-corrected chi connectivity index (χ4v) is 6.14. The number of fused-ring (bicyclic) bond motifs is 3. The van der Waals surface area contributed by atoms with E-state index >= 15 is 0 Å². The van der Waals surface area contributed by atoms with Gasteiger partial charge in [0.15, 0.2) is 0 Å². The van der Waals surface area contributed by atoms with Crippen LogP contribution in [0.5, 0.6) is 0 Å². The first-order chi connectivity index (χ1) is 17.0. The van der Waals surface area contributed by atoms with Crippen molar-refractivity contribution in [3.8, 4) is 11.1 Å². The topological polar surface area (TPSA) is 95.9 Å². The molecule has 0 radical (unpaired) electrons. The molecule has 2 aliphatic carbocycles. The average Bonchev–Trinajstić information content (AvgIpc) is 3.50. The lowest BCUT2D eigenvalue weighted by Gasteiger charge is -2.34. The van der Waals surface area contributed by atoms with E-state index in [1.165, 1.54) is 11.1 Å². The van der Waals surface area contributed by atoms with Gasteiger partial charge in [-0.3, -0.25) is 4.79 Å². The molecule has 0 bridgehead atoms. The van der Waals surface area contributed by atoms with Crippen molar-refractivity contribution in [1.29, 1.82) is 0 Å². The van der Waals surface area contributed by atoms with Crippen LogP contribution in [0, 0.1) is 11.8 Å². The van der Waals surface area contributed by atoms with Gasteiger partial charge in [-0.05, 0) is 53.9 Å². The highest BCUT2D eigenvalue weighted by Gasteiger charge is 2.40. The first-order valence-corrected chi connectivity index (χ1v) is 12.7. The Hall–Kier alpha value is -3.35. The van der Waals surface area contributed by atoms with Crippen LogP contribution in [0.2, 0.25) is 0 Å². The molecule has 7 nitrogen and oxygen atoms in total. The Morgan fingerprint density at radius 1 is 0.914 bits per heavy atom. The van der Waals surface area contributed by atoms with E-state index in [1.807, 2.05) is 24.3 Å². The molecule has 3 aliphatic rings. The zero-order valence-corrected chi connectivity index (χ0v) is 19.8. The van der Waals surface area contributed by atoms with Crippen LogP contribution < -0.4 is 5.32 Å². The number of carboxylic acids is 1. The Kier molecular flexibility index (Phi) is 6.75. The highest BCUT2D eigenvalue weighted by molar-refractivity contribution is 5.86. The van der Waals surface area contributed by atoms with E-state index in [0.29, 0.717) is 19.5 Å². The Labute approximate surface area is 205 Å². The largest absolute Gasteiger partial charge is 0.480 e. The van der Waals surface area contributed by atoms with Gasteiger partial charge in [-0.25, -0.2) is 9.59 Å². The Morgan fingerprint density at radius 2 is 1.57 bits per heavy atom. The van der Waals surface area contributed by atoms with Crippen molar-refractivity contribution in [1.82, 2.24) is 10.2 Å². The fourth-order valence-electron chi connectivity index (χ4n) is 6.14. The maximum atomic E-state index is 13.2. The van der Waals surface area contributed by atoms with E-state index in [-0.39, 0.29) is 30.3 Å². The number of carbonyl (C=O) groups is 3. The highest BCUT2D eigenvalue weighted by Crippen LogP contribution is 2.44. The summed E-state index contributed by atoms with van der Waals surface area (Å²) in [4.78, 5) is 39.0. The van der Waals surface area contributed by atoms with Crippen molar-refractivity contribution in [2.45, 2.75) is 50.5 Å². The van der Waals surface area contributed by atoms with Gasteiger partial charge in [-0.1, -0.05) is 61.4 Å². The number of alkyl carbamates (subject to hydrolysis) is 1. The summed E-state index contributed by atoms with van der Waals surface area (Å²) in [6, 6.07) is 15.7. The summed E-state index contributed by atoms with van der Waals surface area (Å²) in [5.41, 5.74) is 4.69. The fraction of sp³-hybridized carbons (Fsp3) is 0.464. The van der Waals surface area contributed by atoms with E-state index in [4.69, 9.17) is 4.74 Å². The summed E-state index contributed by atoms with van der Waals surface area (Å²) < 4.78 is 5.65. The molecule has 1 aliphatic heterocycles. The highest BCUT2D eigenvalue weighted by atomic mass is 16.5. The van der Waals surface area contributed by atoms with Gasteiger partial charge in [-0.2, -0.15) is 0 Å². The van der Waals surface area contributed by atoms with Crippen molar-refractivity contribution in [2.24, 2.45) is 11.8 Å². The van der Waals surface area contributed by atoms with Crippen LogP contribution in [0.15, 0.2) is 48.5 Å². The zero-order valence-electron chi connectivity index (χ0n) is 19.8. The van der Waals surface area contributed by atoms with Crippen LogP contribution >= 0.6 is 0 Å². The third-order valence-corrected chi connectivity index (χ3v) is 7.90. The van der Waals surface area contributed by atoms with Crippen molar-refractivity contribution in [2.75, 3.05) is 19.7 Å². The van der Waals surface area contributed by atoms with Crippen molar-refractivity contribution in [3.05, 3.63) is 59.7 Å². The van der Waals surface area contributed by atoms with Crippen LogP contribution in [-0.2, 0) is 14.3 Å². The normalized spacial score (nSPS) is 23.4. The Balaban J connectivity index is 1.19. The lowest BCUT2D eigenvalue weighted by Crippen LogP contribution is -2.47. The van der Waals surface area contributed by atoms with Crippen molar-refractivity contribution >= 4 is 18.0 Å². The van der Waals surface area contributed by atoms with Crippen LogP contribution in [0.25, 0.3) is 11.1 Å². The Morgan fingerprint density at radius 3 is 2.26 bits per heavy atom. The number of hydrogen-bond donors (Lipinski definition) is 2. The third kappa shape index (κ3) is 4.64. The minimum Gasteiger partial charge on any atom is -0.480 e. The zero-order chi connectivity index (χ0) is 24.4. The van der Waals surface area contributed by atoms with Gasteiger partial charge in [-0.15, -0.1) is 0 Å². The van der Waals surface area contributed by atoms with Crippen LogP contribution in [0.3, 0.4) is 0 Å². The number of ether oxygens (including phenoxy) is 1. The van der Waals surface area contributed by atoms with Gasteiger partial charge >= 0.3 is 12.1 Å². The molecule has 2 amide bonds. The van der Waals surface area contributed by atoms with Gasteiger partial charge in [0.05, 0.1) is 0 Å². The standard InChI is InChI=1S/C28H32N2O5/c31-26(30-15-7-14-25(30)27(32)33)19-9-2-1-8-18(19)16-29-28(34)35-17-24-22-12-5-3-10-20(22)21-11-4-6-13-23(21)24/h3-6,10-13,18-19,24-25H,1-2,7-9,14-17H2,(H,29,34)(H,32,33)/t18-,19-,25+/m0/s1. The second kappa shape index (κ2) is 10.1. The smallest absolute Gasteiger partial charge is 0.407 e.